The summed E-state index contributed by atoms with van der Waals surface area (Å²) in [6, 6.07) is 7.51. The van der Waals surface area contributed by atoms with Gasteiger partial charge in [0.05, 0.1) is 12.3 Å². The van der Waals surface area contributed by atoms with Gasteiger partial charge < -0.3 is 19.1 Å². The van der Waals surface area contributed by atoms with Crippen molar-refractivity contribution in [2.75, 3.05) is 19.7 Å². The number of rotatable bonds is 1. The lowest BCUT2D eigenvalue weighted by Crippen LogP contribution is -2.37. The van der Waals surface area contributed by atoms with Gasteiger partial charge in [0.25, 0.3) is 5.88 Å². The number of likely N-dealkylation sites (tertiary alicyclic amines) is 1. The van der Waals surface area contributed by atoms with Crippen LogP contribution in [0.3, 0.4) is 0 Å². The van der Waals surface area contributed by atoms with Crippen LogP contribution in [-0.4, -0.2) is 47.6 Å². The van der Waals surface area contributed by atoms with Gasteiger partial charge in [-0.15, -0.1) is 0 Å². The van der Waals surface area contributed by atoms with Crippen molar-refractivity contribution in [3.8, 4) is 11.6 Å². The molecule has 1 amide bonds. The molecule has 0 atom stereocenters. The number of carbonyl (C=O) groups excluding carboxylic acids is 3. The maximum Gasteiger partial charge on any atom is 0.409 e. The van der Waals surface area contributed by atoms with Crippen molar-refractivity contribution in [3.63, 3.8) is 0 Å². The predicted octanol–water partition coefficient (Wildman–Crippen LogP) is 4.27. The number of halogens is 1. The molecule has 3 aliphatic rings. The van der Waals surface area contributed by atoms with Gasteiger partial charge in [-0.05, 0) is 67.5 Å². The van der Waals surface area contributed by atoms with Gasteiger partial charge in [0, 0.05) is 35.8 Å². The second-order valence-corrected chi connectivity index (χ2v) is 8.88. The van der Waals surface area contributed by atoms with Crippen LogP contribution in [0.15, 0.2) is 42.0 Å². The van der Waals surface area contributed by atoms with Crippen LogP contribution in [-0.2, 0) is 27.2 Å². The number of ether oxygens (including phenoxy) is 3. The Bertz CT molecular complexity index is 1290. The Balaban J connectivity index is 1.63. The largest absolute Gasteiger partial charge is 0.450 e. The fraction of sp³-hybridized carbons (Fsp3) is 0.308. The van der Waals surface area contributed by atoms with Crippen molar-refractivity contribution in [1.82, 2.24) is 9.88 Å². The van der Waals surface area contributed by atoms with Crippen LogP contribution in [0.25, 0.3) is 5.57 Å². The van der Waals surface area contributed by atoms with Crippen LogP contribution >= 0.6 is 11.6 Å². The zero-order valence-electron chi connectivity index (χ0n) is 19.1. The van der Waals surface area contributed by atoms with Gasteiger partial charge in [0.15, 0.2) is 5.75 Å². The zero-order chi connectivity index (χ0) is 24.5. The molecule has 2 aromatic rings. The van der Waals surface area contributed by atoms with E-state index >= 15 is 0 Å². The summed E-state index contributed by atoms with van der Waals surface area (Å²) in [5, 5.41) is 0.644. The Hall–Kier alpha value is -3.65. The van der Waals surface area contributed by atoms with Crippen molar-refractivity contribution in [1.29, 1.82) is 0 Å². The van der Waals surface area contributed by atoms with Gasteiger partial charge in [0.1, 0.15) is 0 Å². The van der Waals surface area contributed by atoms with E-state index in [2.05, 4.69) is 0 Å². The lowest BCUT2D eigenvalue weighted by atomic mass is 9.88. The molecule has 0 bridgehead atoms. The van der Waals surface area contributed by atoms with Crippen molar-refractivity contribution in [3.05, 3.63) is 69.4 Å². The zero-order valence-corrected chi connectivity index (χ0v) is 19.9. The number of fused-ring (bicyclic) bond motifs is 3. The average molecular weight is 495 g/mol. The summed E-state index contributed by atoms with van der Waals surface area (Å²) in [6.07, 6.45) is 4.36. The third-order valence-corrected chi connectivity index (χ3v) is 6.52. The van der Waals surface area contributed by atoms with Crippen molar-refractivity contribution < 1.29 is 28.6 Å². The molecule has 0 N–H and O–H groups in total. The molecule has 5 rings (SSSR count). The highest BCUT2D eigenvalue weighted by Gasteiger charge is 2.29. The van der Waals surface area contributed by atoms with E-state index in [0.29, 0.717) is 56.1 Å². The molecule has 0 saturated carbocycles. The predicted molar refractivity (Wildman–Crippen MR) is 127 cm³/mol. The number of piperidine rings is 1. The SMILES string of the molecule is CCOC(=O)N1CCC(=C2c3ccc(Cl)cc3CCc3cc4c(nc32)OC(=O)/C=C/C(=O)O4)CC1. The summed E-state index contributed by atoms with van der Waals surface area (Å²) in [6.45, 7) is 3.17. The molecule has 1 aromatic heterocycles. The van der Waals surface area contributed by atoms with Crippen LogP contribution in [0.1, 0.15) is 42.1 Å². The molecule has 3 heterocycles. The Labute approximate surface area is 207 Å². The maximum atomic E-state index is 12.2. The third kappa shape index (κ3) is 4.66. The number of aromatic nitrogens is 1. The third-order valence-electron chi connectivity index (χ3n) is 6.28. The molecule has 9 heteroatoms. The molecule has 1 fully saturated rings. The molecule has 1 aromatic carbocycles. The van der Waals surface area contributed by atoms with E-state index in [-0.39, 0.29) is 17.7 Å². The smallest absolute Gasteiger partial charge is 0.409 e. The quantitative estimate of drug-likeness (QED) is 0.546. The second-order valence-electron chi connectivity index (χ2n) is 8.44. The number of nitrogens with zero attached hydrogens (tertiary/aromatic N) is 2. The van der Waals surface area contributed by atoms with Gasteiger partial charge in [-0.25, -0.2) is 19.4 Å². The number of carbonyl (C=O) groups is 3. The van der Waals surface area contributed by atoms with Crippen LogP contribution < -0.4 is 9.47 Å². The van der Waals surface area contributed by atoms with E-state index in [9.17, 15) is 14.4 Å². The molecular formula is C26H23ClN2O6. The summed E-state index contributed by atoms with van der Waals surface area (Å²) in [4.78, 5) is 42.8. The molecule has 8 nitrogen and oxygen atoms in total. The first-order valence-electron chi connectivity index (χ1n) is 11.5. The number of esters is 2. The highest BCUT2D eigenvalue weighted by molar-refractivity contribution is 6.30. The first kappa shape index (κ1) is 23.1. The topological polar surface area (TPSA) is 95.0 Å². The minimum absolute atomic E-state index is 0.0501. The van der Waals surface area contributed by atoms with E-state index in [1.54, 1.807) is 17.9 Å². The van der Waals surface area contributed by atoms with Crippen LogP contribution in [0.5, 0.6) is 11.6 Å². The summed E-state index contributed by atoms with van der Waals surface area (Å²) in [7, 11) is 0. The van der Waals surface area contributed by atoms with Crippen LogP contribution in [0.4, 0.5) is 4.79 Å². The van der Waals surface area contributed by atoms with Crippen LogP contribution in [0, 0.1) is 0 Å². The minimum atomic E-state index is -0.701. The van der Waals surface area contributed by atoms with E-state index in [0.717, 1.165) is 40.0 Å². The van der Waals surface area contributed by atoms with E-state index in [4.69, 9.17) is 30.8 Å². The van der Waals surface area contributed by atoms with E-state index in [1.165, 1.54) is 0 Å². The van der Waals surface area contributed by atoms with Gasteiger partial charge in [0.2, 0.25) is 0 Å². The molecule has 1 saturated heterocycles. The molecule has 0 unspecified atom stereocenters. The molecule has 180 valence electrons. The molecular weight excluding hydrogens is 472 g/mol. The van der Waals surface area contributed by atoms with Crippen molar-refractivity contribution in [2.45, 2.75) is 32.6 Å². The Morgan fingerprint density at radius 3 is 2.49 bits per heavy atom. The maximum absolute atomic E-state index is 12.2. The van der Waals surface area contributed by atoms with Crippen molar-refractivity contribution >= 4 is 35.2 Å². The van der Waals surface area contributed by atoms with E-state index < -0.39 is 11.9 Å². The molecule has 2 aliphatic heterocycles. The number of benzene rings is 1. The highest BCUT2D eigenvalue weighted by atomic mass is 35.5. The second kappa shape index (κ2) is 9.54. The highest BCUT2D eigenvalue weighted by Crippen LogP contribution is 2.41. The number of amides is 1. The first-order valence-corrected chi connectivity index (χ1v) is 11.9. The number of aryl methyl sites for hydroxylation is 2. The number of pyridine rings is 1. The summed E-state index contributed by atoms with van der Waals surface area (Å²) < 4.78 is 15.9. The summed E-state index contributed by atoms with van der Waals surface area (Å²) in [5.74, 6) is -1.31. The molecule has 0 spiro atoms. The fourth-order valence-corrected chi connectivity index (χ4v) is 4.86. The Kier molecular flexibility index (Phi) is 6.30. The van der Waals surface area contributed by atoms with Gasteiger partial charge >= 0.3 is 18.0 Å². The normalized spacial score (nSPS) is 18.2. The molecule has 0 radical (unpaired) electrons. The molecule has 1 aliphatic carbocycles. The summed E-state index contributed by atoms with van der Waals surface area (Å²) in [5.41, 5.74) is 5.72. The monoisotopic (exact) mass is 494 g/mol. The standard InChI is InChI=1S/C26H23ClN2O6/c1-2-33-26(32)29-11-9-15(10-12-29)23-19-6-5-18(27)13-16(19)3-4-17-14-20-25(28-24(17)23)35-22(31)8-7-21(30)34-20/h5-8,13-14H,2-4,9-12H2,1H3/b8-7+. The summed E-state index contributed by atoms with van der Waals surface area (Å²) >= 11 is 6.32. The van der Waals surface area contributed by atoms with E-state index in [1.807, 2.05) is 18.2 Å². The fourth-order valence-electron chi connectivity index (χ4n) is 4.67. The minimum Gasteiger partial charge on any atom is -0.450 e. The number of hydrogen-bond donors (Lipinski definition) is 0. The first-order chi connectivity index (χ1) is 16.9. The average Bonchev–Trinajstić information content (AvgIpc) is 2.98. The molecule has 35 heavy (non-hydrogen) atoms. The van der Waals surface area contributed by atoms with Gasteiger partial charge in [-0.3, -0.25) is 0 Å². The lowest BCUT2D eigenvalue weighted by molar-refractivity contribution is -0.133. The van der Waals surface area contributed by atoms with Gasteiger partial charge in [-0.1, -0.05) is 23.2 Å². The Morgan fingerprint density at radius 2 is 1.74 bits per heavy atom. The van der Waals surface area contributed by atoms with Crippen LogP contribution in [0.2, 0.25) is 5.02 Å². The van der Waals surface area contributed by atoms with Gasteiger partial charge in [-0.2, -0.15) is 0 Å². The van der Waals surface area contributed by atoms with Crippen molar-refractivity contribution in [2.24, 2.45) is 0 Å². The Morgan fingerprint density at radius 1 is 1.03 bits per heavy atom. The lowest BCUT2D eigenvalue weighted by Gasteiger charge is -2.29. The number of hydrogen-bond acceptors (Lipinski definition) is 7.